The first-order valence-corrected chi connectivity index (χ1v) is 7.32. The summed E-state index contributed by atoms with van der Waals surface area (Å²) in [6.07, 6.45) is 5.41. The van der Waals surface area contributed by atoms with E-state index < -0.39 is 0 Å². The summed E-state index contributed by atoms with van der Waals surface area (Å²) in [5.74, 6) is 1.88. The molecule has 2 aromatic heterocycles. The third kappa shape index (κ3) is 2.62. The van der Waals surface area contributed by atoms with E-state index >= 15 is 0 Å². The molecule has 1 N–H and O–H groups in total. The second kappa shape index (κ2) is 5.20. The largest absolute Gasteiger partial charge is 0.321 e. The van der Waals surface area contributed by atoms with E-state index in [1.165, 1.54) is 17.7 Å². The molecule has 0 saturated heterocycles. The zero-order valence-corrected chi connectivity index (χ0v) is 11.4. The van der Waals surface area contributed by atoms with E-state index in [1.807, 2.05) is 23.0 Å². The highest BCUT2D eigenvalue weighted by molar-refractivity contribution is 7.10. The van der Waals surface area contributed by atoms with Crippen molar-refractivity contribution in [3.05, 3.63) is 34.5 Å². The van der Waals surface area contributed by atoms with Gasteiger partial charge in [-0.05, 0) is 30.2 Å². The zero-order chi connectivity index (χ0) is 12.4. The number of nitrogens with one attached hydrogen (secondary N) is 1. The maximum Gasteiger partial charge on any atom is 0.133 e. The number of aromatic nitrogens is 3. The predicted octanol–water partition coefficient (Wildman–Crippen LogP) is 2.16. The van der Waals surface area contributed by atoms with Gasteiger partial charge in [0, 0.05) is 30.9 Å². The molecule has 0 aromatic carbocycles. The molecule has 1 saturated carbocycles. The third-order valence-corrected chi connectivity index (χ3v) is 4.42. The smallest absolute Gasteiger partial charge is 0.133 e. The van der Waals surface area contributed by atoms with Gasteiger partial charge in [0.05, 0.1) is 0 Å². The van der Waals surface area contributed by atoms with Gasteiger partial charge in [-0.1, -0.05) is 6.07 Å². The standard InChI is InChI=1S/C13H18N4S/c1-17-9-15-16-12(17)6-7-14-13(10-4-5-10)11-3-2-8-18-11/h2-3,8-10,13-14H,4-7H2,1H3. The van der Waals surface area contributed by atoms with Crippen molar-refractivity contribution in [3.63, 3.8) is 0 Å². The Balaban J connectivity index is 1.56. The second-order valence-electron chi connectivity index (χ2n) is 4.89. The number of hydrogen-bond acceptors (Lipinski definition) is 4. The molecular formula is C13H18N4S. The Kier molecular flexibility index (Phi) is 3.43. The lowest BCUT2D eigenvalue weighted by molar-refractivity contribution is 0.486. The summed E-state index contributed by atoms with van der Waals surface area (Å²) in [5, 5.41) is 13.9. The lowest BCUT2D eigenvalue weighted by Crippen LogP contribution is -2.25. The zero-order valence-electron chi connectivity index (χ0n) is 10.5. The van der Waals surface area contributed by atoms with Gasteiger partial charge in [-0.3, -0.25) is 0 Å². The summed E-state index contributed by atoms with van der Waals surface area (Å²) >= 11 is 1.85. The first kappa shape index (κ1) is 11.9. The van der Waals surface area contributed by atoms with Crippen molar-refractivity contribution < 1.29 is 0 Å². The van der Waals surface area contributed by atoms with Crippen LogP contribution >= 0.6 is 11.3 Å². The van der Waals surface area contributed by atoms with Gasteiger partial charge in [0.25, 0.3) is 0 Å². The van der Waals surface area contributed by atoms with Crippen molar-refractivity contribution in [2.75, 3.05) is 6.54 Å². The maximum atomic E-state index is 4.11. The molecule has 1 atom stereocenters. The summed E-state index contributed by atoms with van der Waals surface area (Å²) in [7, 11) is 1.99. The Labute approximate surface area is 111 Å². The lowest BCUT2D eigenvalue weighted by atomic mass is 10.1. The number of hydrogen-bond donors (Lipinski definition) is 1. The van der Waals surface area contributed by atoms with Crippen molar-refractivity contribution in [2.45, 2.75) is 25.3 Å². The Bertz CT molecular complexity index is 487. The quantitative estimate of drug-likeness (QED) is 0.867. The highest BCUT2D eigenvalue weighted by Gasteiger charge is 2.32. The summed E-state index contributed by atoms with van der Waals surface area (Å²) in [4.78, 5) is 1.47. The summed E-state index contributed by atoms with van der Waals surface area (Å²) in [5.41, 5.74) is 0. The summed E-state index contributed by atoms with van der Waals surface area (Å²) < 4.78 is 1.99. The topological polar surface area (TPSA) is 42.7 Å². The third-order valence-electron chi connectivity index (χ3n) is 3.46. The van der Waals surface area contributed by atoms with Gasteiger partial charge in [0.2, 0.25) is 0 Å². The molecule has 0 spiro atoms. The Morgan fingerprint density at radius 3 is 3.06 bits per heavy atom. The molecule has 0 amide bonds. The van der Waals surface area contributed by atoms with Crippen molar-refractivity contribution in [3.8, 4) is 0 Å². The lowest BCUT2D eigenvalue weighted by Gasteiger charge is -2.16. The van der Waals surface area contributed by atoms with Crippen LogP contribution in [0.4, 0.5) is 0 Å². The molecule has 18 heavy (non-hydrogen) atoms. The van der Waals surface area contributed by atoms with Gasteiger partial charge in [-0.2, -0.15) is 0 Å². The highest BCUT2D eigenvalue weighted by atomic mass is 32.1. The van der Waals surface area contributed by atoms with Gasteiger partial charge in [0.1, 0.15) is 12.2 Å². The molecule has 3 rings (SSSR count). The van der Waals surface area contributed by atoms with E-state index in [1.54, 1.807) is 6.33 Å². The molecule has 2 heterocycles. The van der Waals surface area contributed by atoms with E-state index in [0.717, 1.165) is 24.7 Å². The van der Waals surface area contributed by atoms with E-state index in [4.69, 9.17) is 0 Å². The monoisotopic (exact) mass is 262 g/mol. The van der Waals surface area contributed by atoms with E-state index in [-0.39, 0.29) is 0 Å². The molecule has 1 unspecified atom stereocenters. The number of rotatable bonds is 6. The van der Waals surface area contributed by atoms with Crippen molar-refractivity contribution in [2.24, 2.45) is 13.0 Å². The van der Waals surface area contributed by atoms with Crippen LogP contribution in [0.25, 0.3) is 0 Å². The molecule has 0 radical (unpaired) electrons. The van der Waals surface area contributed by atoms with Crippen LogP contribution in [-0.4, -0.2) is 21.3 Å². The van der Waals surface area contributed by atoms with Gasteiger partial charge in [0.15, 0.2) is 0 Å². The summed E-state index contributed by atoms with van der Waals surface area (Å²) in [6, 6.07) is 4.92. The first-order valence-electron chi connectivity index (χ1n) is 6.44. The molecule has 0 bridgehead atoms. The fraction of sp³-hybridized carbons (Fsp3) is 0.538. The van der Waals surface area contributed by atoms with E-state index in [9.17, 15) is 0 Å². The fourth-order valence-electron chi connectivity index (χ4n) is 2.27. The number of thiophene rings is 1. The number of nitrogens with zero attached hydrogens (tertiary/aromatic N) is 3. The van der Waals surface area contributed by atoms with Crippen LogP contribution in [0.3, 0.4) is 0 Å². The van der Waals surface area contributed by atoms with Gasteiger partial charge in [-0.15, -0.1) is 21.5 Å². The van der Waals surface area contributed by atoms with Gasteiger partial charge in [-0.25, -0.2) is 0 Å². The van der Waals surface area contributed by atoms with E-state index in [2.05, 4.69) is 33.0 Å². The Morgan fingerprint density at radius 1 is 1.56 bits per heavy atom. The van der Waals surface area contributed by atoms with Crippen molar-refractivity contribution in [1.29, 1.82) is 0 Å². The van der Waals surface area contributed by atoms with Crippen molar-refractivity contribution >= 4 is 11.3 Å². The first-order chi connectivity index (χ1) is 8.84. The van der Waals surface area contributed by atoms with Gasteiger partial charge >= 0.3 is 0 Å². The Morgan fingerprint density at radius 2 is 2.44 bits per heavy atom. The SMILES string of the molecule is Cn1cnnc1CCNC(c1cccs1)C1CC1. The Hall–Kier alpha value is -1.20. The predicted molar refractivity (Wildman–Crippen MR) is 72.5 cm³/mol. The van der Waals surface area contributed by atoms with E-state index in [0.29, 0.717) is 6.04 Å². The maximum absolute atomic E-state index is 4.11. The molecule has 1 fully saturated rings. The minimum atomic E-state index is 0.540. The molecule has 96 valence electrons. The van der Waals surface area contributed by atoms with Crippen molar-refractivity contribution in [1.82, 2.24) is 20.1 Å². The molecule has 1 aliphatic carbocycles. The van der Waals surface area contributed by atoms with Crippen LogP contribution in [-0.2, 0) is 13.5 Å². The minimum Gasteiger partial charge on any atom is -0.321 e. The van der Waals surface area contributed by atoms with Crippen LogP contribution in [0, 0.1) is 5.92 Å². The fourth-order valence-corrected chi connectivity index (χ4v) is 3.16. The van der Waals surface area contributed by atoms with Crippen LogP contribution in [0.1, 0.15) is 29.6 Å². The van der Waals surface area contributed by atoms with Crippen LogP contribution in [0.15, 0.2) is 23.8 Å². The van der Waals surface area contributed by atoms with Crippen LogP contribution in [0.5, 0.6) is 0 Å². The minimum absolute atomic E-state index is 0.540. The van der Waals surface area contributed by atoms with Crippen LogP contribution < -0.4 is 5.32 Å². The average molecular weight is 262 g/mol. The molecule has 2 aromatic rings. The van der Waals surface area contributed by atoms with Crippen LogP contribution in [0.2, 0.25) is 0 Å². The molecule has 1 aliphatic rings. The highest BCUT2D eigenvalue weighted by Crippen LogP contribution is 2.42. The molecular weight excluding hydrogens is 244 g/mol. The molecule has 0 aliphatic heterocycles. The average Bonchev–Trinajstić information content (AvgIpc) is 2.89. The second-order valence-corrected chi connectivity index (χ2v) is 5.87. The summed E-state index contributed by atoms with van der Waals surface area (Å²) in [6.45, 7) is 0.964. The number of aryl methyl sites for hydroxylation is 1. The molecule has 4 nitrogen and oxygen atoms in total. The molecule has 5 heteroatoms. The van der Waals surface area contributed by atoms with Gasteiger partial charge < -0.3 is 9.88 Å². The normalized spacial score (nSPS) is 16.9.